The molecule has 0 unspecified atom stereocenters. The Bertz CT molecular complexity index is 841. The number of rotatable bonds is 10. The average Bonchev–Trinajstić information content (AvgIpc) is 2.71. The number of aliphatic imine (C=N–C) groups is 1. The van der Waals surface area contributed by atoms with Crippen molar-refractivity contribution >= 4 is 40.0 Å². The molecule has 0 heterocycles. The second-order valence-corrected chi connectivity index (χ2v) is 8.42. The van der Waals surface area contributed by atoms with Crippen LogP contribution in [0.2, 0.25) is 0 Å². The fraction of sp³-hybridized carbons (Fsp3) is 0.381. The number of nitrogens with zero attached hydrogens (tertiary/aromatic N) is 1. The standard InChI is InChI=1S/C21H30N4O2S.HI/c1-3-23-21(24-15-7-10-18-8-5-4-6-9-18)25-16-19-11-13-20(14-12-19)17-28(26,27)22-2;/h4-6,8-9,11-14,22H,3,7,10,15-17H2,1-2H3,(H2,23,24,25);1H. The molecule has 2 rings (SSSR count). The van der Waals surface area contributed by atoms with Crippen LogP contribution >= 0.6 is 24.0 Å². The zero-order chi connectivity index (χ0) is 20.2. The molecule has 0 saturated heterocycles. The van der Waals surface area contributed by atoms with Crippen molar-refractivity contribution in [1.29, 1.82) is 0 Å². The van der Waals surface area contributed by atoms with E-state index in [1.807, 2.05) is 37.3 Å². The number of halogens is 1. The van der Waals surface area contributed by atoms with Gasteiger partial charge >= 0.3 is 0 Å². The van der Waals surface area contributed by atoms with Crippen LogP contribution in [0, 0.1) is 0 Å². The number of aryl methyl sites for hydroxylation is 1. The van der Waals surface area contributed by atoms with Crippen LogP contribution in [0.25, 0.3) is 0 Å². The van der Waals surface area contributed by atoms with Gasteiger partial charge in [0.2, 0.25) is 10.0 Å². The summed E-state index contributed by atoms with van der Waals surface area (Å²) in [5, 5.41) is 6.62. The second-order valence-electron chi connectivity index (χ2n) is 6.49. The molecule has 0 bridgehead atoms. The maximum atomic E-state index is 11.6. The van der Waals surface area contributed by atoms with Crippen LogP contribution in [0.4, 0.5) is 0 Å². The van der Waals surface area contributed by atoms with E-state index in [0.29, 0.717) is 6.54 Å². The first-order valence-electron chi connectivity index (χ1n) is 9.57. The largest absolute Gasteiger partial charge is 0.357 e. The highest BCUT2D eigenvalue weighted by Crippen LogP contribution is 2.09. The Labute approximate surface area is 191 Å². The maximum absolute atomic E-state index is 11.6. The molecule has 0 fully saturated rings. The first-order chi connectivity index (χ1) is 13.5. The van der Waals surface area contributed by atoms with E-state index < -0.39 is 10.0 Å². The van der Waals surface area contributed by atoms with E-state index in [2.05, 4.69) is 44.6 Å². The molecular weight excluding hydrogens is 499 g/mol. The molecule has 160 valence electrons. The Hall–Kier alpha value is -1.65. The molecule has 0 aliphatic carbocycles. The van der Waals surface area contributed by atoms with Crippen LogP contribution in [-0.4, -0.2) is 34.5 Å². The van der Waals surface area contributed by atoms with Crippen molar-refractivity contribution in [3.63, 3.8) is 0 Å². The van der Waals surface area contributed by atoms with Gasteiger partial charge in [-0.3, -0.25) is 0 Å². The SMILES string of the molecule is CCNC(=NCc1ccc(CS(=O)(=O)NC)cc1)NCCCc1ccccc1.I. The summed E-state index contributed by atoms with van der Waals surface area (Å²) in [5.41, 5.74) is 3.13. The summed E-state index contributed by atoms with van der Waals surface area (Å²) >= 11 is 0. The normalized spacial score (nSPS) is 11.6. The Kier molecular flexibility index (Phi) is 11.9. The van der Waals surface area contributed by atoms with E-state index in [1.165, 1.54) is 12.6 Å². The minimum absolute atomic E-state index is 0. The monoisotopic (exact) mass is 530 g/mol. The number of hydrogen-bond acceptors (Lipinski definition) is 3. The summed E-state index contributed by atoms with van der Waals surface area (Å²) in [6, 6.07) is 18.0. The Morgan fingerprint density at radius 2 is 1.59 bits per heavy atom. The number of benzene rings is 2. The van der Waals surface area contributed by atoms with E-state index in [9.17, 15) is 8.42 Å². The van der Waals surface area contributed by atoms with Gasteiger partial charge in [-0.15, -0.1) is 24.0 Å². The van der Waals surface area contributed by atoms with Gasteiger partial charge in [0.05, 0.1) is 12.3 Å². The van der Waals surface area contributed by atoms with Crippen molar-refractivity contribution in [2.75, 3.05) is 20.1 Å². The van der Waals surface area contributed by atoms with Gasteiger partial charge in [-0.1, -0.05) is 54.6 Å². The third kappa shape index (κ3) is 10.1. The van der Waals surface area contributed by atoms with Gasteiger partial charge in [0.15, 0.2) is 5.96 Å². The minimum atomic E-state index is -3.25. The number of hydrogen-bond donors (Lipinski definition) is 3. The molecule has 3 N–H and O–H groups in total. The smallest absolute Gasteiger partial charge is 0.215 e. The lowest BCUT2D eigenvalue weighted by atomic mass is 10.1. The topological polar surface area (TPSA) is 82.6 Å². The van der Waals surface area contributed by atoms with Crippen LogP contribution < -0.4 is 15.4 Å². The molecule has 0 radical (unpaired) electrons. The van der Waals surface area contributed by atoms with E-state index in [4.69, 9.17) is 0 Å². The average molecular weight is 530 g/mol. The van der Waals surface area contributed by atoms with Gasteiger partial charge < -0.3 is 10.6 Å². The van der Waals surface area contributed by atoms with Crippen molar-refractivity contribution in [1.82, 2.24) is 15.4 Å². The molecule has 2 aromatic rings. The number of guanidine groups is 1. The van der Waals surface area contributed by atoms with Crippen LogP contribution in [-0.2, 0) is 28.7 Å². The van der Waals surface area contributed by atoms with Gasteiger partial charge in [0.25, 0.3) is 0 Å². The molecule has 2 aromatic carbocycles. The van der Waals surface area contributed by atoms with Crippen LogP contribution in [0.1, 0.15) is 30.0 Å². The lowest BCUT2D eigenvalue weighted by Crippen LogP contribution is -2.37. The van der Waals surface area contributed by atoms with Crippen molar-refractivity contribution in [2.45, 2.75) is 32.1 Å². The third-order valence-corrected chi connectivity index (χ3v) is 5.57. The predicted octanol–water partition coefficient (Wildman–Crippen LogP) is 3.04. The zero-order valence-electron chi connectivity index (χ0n) is 17.0. The van der Waals surface area contributed by atoms with Gasteiger partial charge in [-0.25, -0.2) is 18.1 Å². The van der Waals surface area contributed by atoms with E-state index >= 15 is 0 Å². The molecule has 0 spiro atoms. The highest BCUT2D eigenvalue weighted by molar-refractivity contribution is 14.0. The lowest BCUT2D eigenvalue weighted by molar-refractivity contribution is 0.587. The van der Waals surface area contributed by atoms with E-state index in [0.717, 1.165) is 43.0 Å². The molecule has 0 atom stereocenters. The van der Waals surface area contributed by atoms with Gasteiger partial charge in [-0.2, -0.15) is 0 Å². The first kappa shape index (κ1) is 25.4. The predicted molar refractivity (Wildman–Crippen MR) is 131 cm³/mol. The maximum Gasteiger partial charge on any atom is 0.215 e. The first-order valence-corrected chi connectivity index (χ1v) is 11.2. The molecule has 0 aliphatic heterocycles. The van der Waals surface area contributed by atoms with Crippen LogP contribution in [0.3, 0.4) is 0 Å². The fourth-order valence-corrected chi connectivity index (χ4v) is 3.46. The van der Waals surface area contributed by atoms with Gasteiger partial charge in [-0.05, 0) is 43.5 Å². The highest BCUT2D eigenvalue weighted by Gasteiger charge is 2.08. The van der Waals surface area contributed by atoms with E-state index in [1.54, 1.807) is 0 Å². The van der Waals surface area contributed by atoms with Crippen molar-refractivity contribution in [3.05, 3.63) is 71.3 Å². The van der Waals surface area contributed by atoms with Crippen LogP contribution in [0.5, 0.6) is 0 Å². The Balaban J connectivity index is 0.00000420. The molecule has 0 aromatic heterocycles. The van der Waals surface area contributed by atoms with Crippen molar-refractivity contribution in [3.8, 4) is 0 Å². The minimum Gasteiger partial charge on any atom is -0.357 e. The van der Waals surface area contributed by atoms with Crippen molar-refractivity contribution in [2.24, 2.45) is 4.99 Å². The number of sulfonamides is 1. The van der Waals surface area contributed by atoms with Crippen molar-refractivity contribution < 1.29 is 8.42 Å². The summed E-state index contributed by atoms with van der Waals surface area (Å²) in [5.74, 6) is 0.774. The zero-order valence-corrected chi connectivity index (χ0v) is 20.2. The molecular formula is C21H31IN4O2S. The van der Waals surface area contributed by atoms with Gasteiger partial charge in [0, 0.05) is 13.1 Å². The lowest BCUT2D eigenvalue weighted by Gasteiger charge is -2.11. The molecule has 0 saturated carbocycles. The summed E-state index contributed by atoms with van der Waals surface area (Å²) in [4.78, 5) is 4.61. The molecule has 6 nitrogen and oxygen atoms in total. The fourth-order valence-electron chi connectivity index (χ4n) is 2.69. The molecule has 8 heteroatoms. The highest BCUT2D eigenvalue weighted by atomic mass is 127. The summed E-state index contributed by atoms with van der Waals surface area (Å²) in [6.45, 7) is 4.22. The quantitative estimate of drug-likeness (QED) is 0.191. The van der Waals surface area contributed by atoms with Gasteiger partial charge in [0.1, 0.15) is 0 Å². The number of nitrogens with one attached hydrogen (secondary N) is 3. The molecule has 0 aliphatic rings. The van der Waals surface area contributed by atoms with E-state index in [-0.39, 0.29) is 29.7 Å². The Morgan fingerprint density at radius 1 is 0.931 bits per heavy atom. The van der Waals surface area contributed by atoms with Crippen LogP contribution in [0.15, 0.2) is 59.6 Å². The second kappa shape index (κ2) is 13.6. The summed E-state index contributed by atoms with van der Waals surface area (Å²) in [6.07, 6.45) is 2.06. The third-order valence-electron chi connectivity index (χ3n) is 4.23. The summed E-state index contributed by atoms with van der Waals surface area (Å²) in [7, 11) is -1.82. The summed E-state index contributed by atoms with van der Waals surface area (Å²) < 4.78 is 25.5. The molecule has 29 heavy (non-hydrogen) atoms. The Morgan fingerprint density at radius 3 is 2.21 bits per heavy atom. The molecule has 0 amide bonds.